The highest BCUT2D eigenvalue weighted by atomic mass is 16.2. The molecule has 1 saturated carbocycles. The topological polar surface area (TPSA) is 46.3 Å². The Hall–Kier alpha value is -0.570. The zero-order valence-electron chi connectivity index (χ0n) is 11.0. The van der Waals surface area contributed by atoms with Gasteiger partial charge in [0.05, 0.1) is 0 Å². The third kappa shape index (κ3) is 3.21. The van der Waals surface area contributed by atoms with Crippen LogP contribution in [-0.2, 0) is 4.79 Å². The number of carbonyl (C=O) groups is 1. The summed E-state index contributed by atoms with van der Waals surface area (Å²) >= 11 is 0. The molecule has 0 aromatic carbocycles. The molecule has 1 aliphatic carbocycles. The summed E-state index contributed by atoms with van der Waals surface area (Å²) in [6.45, 7) is 4.21. The van der Waals surface area contributed by atoms with Crippen molar-refractivity contribution in [2.75, 3.05) is 13.1 Å². The van der Waals surface area contributed by atoms with Gasteiger partial charge >= 0.3 is 0 Å². The first-order chi connectivity index (χ1) is 8.20. The third-order valence-electron chi connectivity index (χ3n) is 4.35. The van der Waals surface area contributed by atoms with Crippen LogP contribution in [0.4, 0.5) is 0 Å². The van der Waals surface area contributed by atoms with E-state index in [1.165, 1.54) is 25.7 Å². The molecule has 1 amide bonds. The van der Waals surface area contributed by atoms with Gasteiger partial charge in [-0.1, -0.05) is 13.3 Å². The Morgan fingerprint density at radius 1 is 1.35 bits per heavy atom. The van der Waals surface area contributed by atoms with Crippen molar-refractivity contribution in [2.45, 2.75) is 57.9 Å². The summed E-state index contributed by atoms with van der Waals surface area (Å²) in [5, 5.41) is 0. The SMILES string of the molecule is CCCC1CCCN(C(=O)C2CCC(N)C2)C1. The smallest absolute Gasteiger partial charge is 0.225 e. The fraction of sp³-hybridized carbons (Fsp3) is 0.929. The van der Waals surface area contributed by atoms with Crippen molar-refractivity contribution in [2.24, 2.45) is 17.6 Å². The van der Waals surface area contributed by atoms with Gasteiger partial charge in [0.25, 0.3) is 0 Å². The van der Waals surface area contributed by atoms with Crippen molar-refractivity contribution in [3.05, 3.63) is 0 Å². The molecule has 0 radical (unpaired) electrons. The molecule has 0 bridgehead atoms. The fourth-order valence-corrected chi connectivity index (χ4v) is 3.41. The monoisotopic (exact) mass is 238 g/mol. The minimum absolute atomic E-state index is 0.227. The second-order valence-corrected chi connectivity index (χ2v) is 5.85. The van der Waals surface area contributed by atoms with Crippen LogP contribution in [0.15, 0.2) is 0 Å². The number of rotatable bonds is 3. The Labute approximate surface area is 105 Å². The summed E-state index contributed by atoms with van der Waals surface area (Å²) in [6.07, 6.45) is 7.96. The van der Waals surface area contributed by atoms with Gasteiger partial charge in [0, 0.05) is 25.0 Å². The molecule has 3 unspecified atom stereocenters. The molecule has 0 spiro atoms. The molecular weight excluding hydrogens is 212 g/mol. The van der Waals surface area contributed by atoms with Crippen molar-refractivity contribution >= 4 is 5.91 Å². The fourth-order valence-electron chi connectivity index (χ4n) is 3.41. The molecule has 17 heavy (non-hydrogen) atoms. The lowest BCUT2D eigenvalue weighted by molar-refractivity contribution is -0.137. The standard InChI is InChI=1S/C14H26N2O/c1-2-4-11-5-3-8-16(10-11)14(17)12-6-7-13(15)9-12/h11-13H,2-10,15H2,1H3. The molecule has 3 atom stereocenters. The first-order valence-electron chi connectivity index (χ1n) is 7.25. The van der Waals surface area contributed by atoms with E-state index < -0.39 is 0 Å². The molecule has 2 N–H and O–H groups in total. The molecule has 2 aliphatic rings. The van der Waals surface area contributed by atoms with Gasteiger partial charge in [-0.25, -0.2) is 0 Å². The number of likely N-dealkylation sites (tertiary alicyclic amines) is 1. The Balaban J connectivity index is 1.86. The van der Waals surface area contributed by atoms with Crippen molar-refractivity contribution in [1.29, 1.82) is 0 Å². The minimum atomic E-state index is 0.227. The summed E-state index contributed by atoms with van der Waals surface area (Å²) < 4.78 is 0. The molecule has 2 rings (SSSR count). The number of hydrogen-bond acceptors (Lipinski definition) is 2. The van der Waals surface area contributed by atoms with Crippen LogP contribution in [0.25, 0.3) is 0 Å². The lowest BCUT2D eigenvalue weighted by atomic mass is 9.92. The number of amides is 1. The van der Waals surface area contributed by atoms with Gasteiger partial charge < -0.3 is 10.6 Å². The van der Waals surface area contributed by atoms with Crippen molar-refractivity contribution in [3.8, 4) is 0 Å². The molecule has 1 aliphatic heterocycles. The maximum Gasteiger partial charge on any atom is 0.225 e. The number of nitrogens with zero attached hydrogens (tertiary/aromatic N) is 1. The maximum absolute atomic E-state index is 12.4. The predicted molar refractivity (Wildman–Crippen MR) is 69.5 cm³/mol. The molecule has 3 heteroatoms. The number of nitrogens with two attached hydrogens (primary N) is 1. The molecular formula is C14H26N2O. The van der Waals surface area contributed by atoms with E-state index in [4.69, 9.17) is 5.73 Å². The van der Waals surface area contributed by atoms with Gasteiger partial charge in [0.2, 0.25) is 5.91 Å². The van der Waals surface area contributed by atoms with Gasteiger partial charge in [-0.05, 0) is 44.4 Å². The molecule has 0 aromatic rings. The van der Waals surface area contributed by atoms with Crippen LogP contribution in [0, 0.1) is 11.8 Å². The summed E-state index contributed by atoms with van der Waals surface area (Å²) in [7, 11) is 0. The summed E-state index contributed by atoms with van der Waals surface area (Å²) in [4.78, 5) is 14.5. The summed E-state index contributed by atoms with van der Waals surface area (Å²) in [5.74, 6) is 1.36. The van der Waals surface area contributed by atoms with Crippen molar-refractivity contribution < 1.29 is 4.79 Å². The van der Waals surface area contributed by atoms with Crippen LogP contribution in [0.2, 0.25) is 0 Å². The third-order valence-corrected chi connectivity index (χ3v) is 4.35. The zero-order chi connectivity index (χ0) is 12.3. The first kappa shape index (κ1) is 12.9. The number of hydrogen-bond donors (Lipinski definition) is 1. The van der Waals surface area contributed by atoms with Crippen LogP contribution < -0.4 is 5.73 Å². The second kappa shape index (κ2) is 5.85. The number of carbonyl (C=O) groups excluding carboxylic acids is 1. The molecule has 98 valence electrons. The quantitative estimate of drug-likeness (QED) is 0.819. The van der Waals surface area contributed by atoms with Crippen molar-refractivity contribution in [1.82, 2.24) is 4.90 Å². The summed E-state index contributed by atoms with van der Waals surface area (Å²) in [5.41, 5.74) is 5.90. The van der Waals surface area contributed by atoms with Gasteiger partial charge in [-0.15, -0.1) is 0 Å². The highest BCUT2D eigenvalue weighted by molar-refractivity contribution is 5.79. The zero-order valence-corrected chi connectivity index (χ0v) is 11.0. The first-order valence-corrected chi connectivity index (χ1v) is 7.25. The molecule has 2 fully saturated rings. The molecule has 0 aromatic heterocycles. The molecule has 1 saturated heterocycles. The van der Waals surface area contributed by atoms with Crippen LogP contribution in [0.1, 0.15) is 51.9 Å². The molecule has 3 nitrogen and oxygen atoms in total. The van der Waals surface area contributed by atoms with Gasteiger partial charge in [-0.2, -0.15) is 0 Å². The van der Waals surface area contributed by atoms with Crippen LogP contribution in [0.3, 0.4) is 0 Å². The van der Waals surface area contributed by atoms with E-state index in [9.17, 15) is 4.79 Å². The second-order valence-electron chi connectivity index (χ2n) is 5.85. The lowest BCUT2D eigenvalue weighted by Crippen LogP contribution is -2.42. The van der Waals surface area contributed by atoms with Crippen molar-refractivity contribution in [3.63, 3.8) is 0 Å². The predicted octanol–water partition coefficient (Wildman–Crippen LogP) is 2.15. The average Bonchev–Trinajstić information content (AvgIpc) is 2.76. The minimum Gasteiger partial charge on any atom is -0.342 e. The van der Waals surface area contributed by atoms with E-state index in [2.05, 4.69) is 11.8 Å². The van der Waals surface area contributed by atoms with E-state index in [0.29, 0.717) is 5.91 Å². The molecule has 1 heterocycles. The van der Waals surface area contributed by atoms with Crippen LogP contribution in [-0.4, -0.2) is 29.9 Å². The Kier molecular flexibility index (Phi) is 4.43. The Bertz CT molecular complexity index is 265. The highest BCUT2D eigenvalue weighted by Gasteiger charge is 2.32. The normalized spacial score (nSPS) is 34.0. The Morgan fingerprint density at radius 3 is 2.82 bits per heavy atom. The van der Waals surface area contributed by atoms with E-state index in [0.717, 1.165) is 38.3 Å². The maximum atomic E-state index is 12.4. The lowest BCUT2D eigenvalue weighted by Gasteiger charge is -2.34. The average molecular weight is 238 g/mol. The van der Waals surface area contributed by atoms with Gasteiger partial charge in [0.15, 0.2) is 0 Å². The van der Waals surface area contributed by atoms with Gasteiger partial charge in [0.1, 0.15) is 0 Å². The van der Waals surface area contributed by atoms with Crippen LogP contribution in [0.5, 0.6) is 0 Å². The number of piperidine rings is 1. The highest BCUT2D eigenvalue weighted by Crippen LogP contribution is 2.28. The van der Waals surface area contributed by atoms with E-state index >= 15 is 0 Å². The largest absolute Gasteiger partial charge is 0.342 e. The van der Waals surface area contributed by atoms with Gasteiger partial charge in [-0.3, -0.25) is 4.79 Å². The van der Waals surface area contributed by atoms with E-state index in [-0.39, 0.29) is 12.0 Å². The van der Waals surface area contributed by atoms with E-state index in [1.54, 1.807) is 0 Å². The summed E-state index contributed by atoms with van der Waals surface area (Å²) in [6, 6.07) is 0.264. The Morgan fingerprint density at radius 2 is 2.18 bits per heavy atom. The van der Waals surface area contributed by atoms with Crippen LogP contribution >= 0.6 is 0 Å². The van der Waals surface area contributed by atoms with E-state index in [1.807, 2.05) is 0 Å².